The Morgan fingerprint density at radius 1 is 1.05 bits per heavy atom. The Kier molecular flexibility index (Phi) is 10.1. The van der Waals surface area contributed by atoms with Gasteiger partial charge in [0.2, 0.25) is 0 Å². The summed E-state index contributed by atoms with van der Waals surface area (Å²) in [5.74, 6) is -0.387. The maximum absolute atomic E-state index is 13.0. The standard InChI is InChI=1S/C31H31N3O4.C2H6/c1-19(2)23-7-5-6-22(12-23)16-33-31(37)24-9-11-29-28(14-24)20(3)21(4)34(29)17-26-13-27(38-18-30(35)36)10-8-25(26)15-32;1-2/h5-14,19H,16-18H2,1-4H3,(H,33,37)(H,35,36);1-2H3. The van der Waals surface area contributed by atoms with E-state index >= 15 is 0 Å². The Morgan fingerprint density at radius 2 is 1.80 bits per heavy atom. The summed E-state index contributed by atoms with van der Waals surface area (Å²) < 4.78 is 7.42. The monoisotopic (exact) mass is 539 g/mol. The highest BCUT2D eigenvalue weighted by atomic mass is 16.5. The molecular formula is C33H37N3O4. The van der Waals surface area contributed by atoms with Crippen molar-refractivity contribution in [2.24, 2.45) is 0 Å². The van der Waals surface area contributed by atoms with E-state index in [-0.39, 0.29) is 5.91 Å². The van der Waals surface area contributed by atoms with Crippen LogP contribution in [0.1, 0.15) is 77.5 Å². The van der Waals surface area contributed by atoms with E-state index in [0.717, 1.165) is 33.3 Å². The highest BCUT2D eigenvalue weighted by molar-refractivity contribution is 5.99. The zero-order valence-corrected chi connectivity index (χ0v) is 24.0. The van der Waals surface area contributed by atoms with E-state index in [9.17, 15) is 14.9 Å². The number of amides is 1. The third kappa shape index (κ3) is 6.89. The van der Waals surface area contributed by atoms with Gasteiger partial charge in [-0.05, 0) is 78.4 Å². The van der Waals surface area contributed by atoms with Crippen molar-refractivity contribution in [2.45, 2.75) is 60.5 Å². The van der Waals surface area contributed by atoms with E-state index in [1.165, 1.54) is 5.56 Å². The van der Waals surface area contributed by atoms with E-state index < -0.39 is 12.6 Å². The molecule has 7 nitrogen and oxygen atoms in total. The van der Waals surface area contributed by atoms with Gasteiger partial charge in [0.05, 0.1) is 11.6 Å². The van der Waals surface area contributed by atoms with Gasteiger partial charge in [-0.3, -0.25) is 4.79 Å². The lowest BCUT2D eigenvalue weighted by molar-refractivity contribution is -0.139. The number of rotatable bonds is 9. The Balaban J connectivity index is 0.00000216. The molecule has 208 valence electrons. The molecule has 0 saturated carbocycles. The lowest BCUT2D eigenvalue weighted by atomic mass is 10.0. The molecule has 0 spiro atoms. The van der Waals surface area contributed by atoms with Crippen LogP contribution in [0.4, 0.5) is 0 Å². The third-order valence-corrected chi connectivity index (χ3v) is 6.86. The molecule has 3 aromatic carbocycles. The number of hydrogen-bond donors (Lipinski definition) is 2. The van der Waals surface area contributed by atoms with Crippen molar-refractivity contribution in [3.05, 3.63) is 99.7 Å². The molecule has 4 rings (SSSR count). The maximum atomic E-state index is 13.0. The number of carbonyl (C=O) groups is 2. The number of carboxylic acids is 1. The van der Waals surface area contributed by atoms with Crippen LogP contribution in [0.15, 0.2) is 60.7 Å². The first-order chi connectivity index (χ1) is 19.2. The number of benzene rings is 3. The van der Waals surface area contributed by atoms with Gasteiger partial charge >= 0.3 is 5.97 Å². The number of carbonyl (C=O) groups excluding carboxylic acids is 1. The van der Waals surface area contributed by atoms with E-state index in [1.807, 2.05) is 58.0 Å². The topological polar surface area (TPSA) is 104 Å². The number of nitrogens with one attached hydrogen (secondary N) is 1. The molecular weight excluding hydrogens is 502 g/mol. The van der Waals surface area contributed by atoms with Crippen molar-refractivity contribution in [1.29, 1.82) is 5.26 Å². The van der Waals surface area contributed by atoms with E-state index in [0.29, 0.717) is 35.9 Å². The van der Waals surface area contributed by atoms with Crippen LogP contribution in [0.25, 0.3) is 10.9 Å². The SMILES string of the molecule is CC.Cc1c(C)n(Cc2cc(OCC(=O)O)ccc2C#N)c2ccc(C(=O)NCc3cccc(C(C)C)c3)cc12. The molecule has 0 aliphatic rings. The fourth-order valence-corrected chi connectivity index (χ4v) is 4.56. The van der Waals surface area contributed by atoms with Gasteiger partial charge in [0.1, 0.15) is 5.75 Å². The van der Waals surface area contributed by atoms with Gasteiger partial charge in [-0.15, -0.1) is 0 Å². The molecule has 1 aromatic heterocycles. The molecule has 0 aliphatic heterocycles. The lowest BCUT2D eigenvalue weighted by Crippen LogP contribution is -2.22. The zero-order chi connectivity index (χ0) is 29.4. The molecule has 40 heavy (non-hydrogen) atoms. The predicted molar refractivity (Wildman–Crippen MR) is 158 cm³/mol. The molecule has 0 aliphatic carbocycles. The van der Waals surface area contributed by atoms with Crippen molar-refractivity contribution in [2.75, 3.05) is 6.61 Å². The minimum absolute atomic E-state index is 0.137. The van der Waals surface area contributed by atoms with Crippen LogP contribution >= 0.6 is 0 Å². The second-order valence-corrected chi connectivity index (χ2v) is 9.72. The Labute approximate surface area is 236 Å². The highest BCUT2D eigenvalue weighted by Crippen LogP contribution is 2.29. The van der Waals surface area contributed by atoms with Crippen molar-refractivity contribution >= 4 is 22.8 Å². The number of carboxylic acid groups (broad SMARTS) is 1. The molecule has 1 amide bonds. The van der Waals surface area contributed by atoms with Gasteiger partial charge in [-0.2, -0.15) is 5.26 Å². The summed E-state index contributed by atoms with van der Waals surface area (Å²) in [6, 6.07) is 21.1. The van der Waals surface area contributed by atoms with Gasteiger partial charge in [0.15, 0.2) is 6.61 Å². The van der Waals surface area contributed by atoms with E-state index in [2.05, 4.69) is 41.9 Å². The summed E-state index contributed by atoms with van der Waals surface area (Å²) >= 11 is 0. The number of nitrogens with zero attached hydrogens (tertiary/aromatic N) is 2. The third-order valence-electron chi connectivity index (χ3n) is 6.86. The smallest absolute Gasteiger partial charge is 0.341 e. The first-order valence-electron chi connectivity index (χ1n) is 13.5. The summed E-state index contributed by atoms with van der Waals surface area (Å²) in [6.45, 7) is 12.7. The average Bonchev–Trinajstić information content (AvgIpc) is 3.20. The van der Waals surface area contributed by atoms with Crippen LogP contribution in [0.5, 0.6) is 5.75 Å². The van der Waals surface area contributed by atoms with Gasteiger partial charge in [0.25, 0.3) is 5.91 Å². The first kappa shape index (κ1) is 30.0. The van der Waals surface area contributed by atoms with Crippen molar-refractivity contribution in [3.63, 3.8) is 0 Å². The summed E-state index contributed by atoms with van der Waals surface area (Å²) in [7, 11) is 0. The molecule has 0 atom stereocenters. The largest absolute Gasteiger partial charge is 0.482 e. The number of aromatic nitrogens is 1. The minimum atomic E-state index is -1.07. The average molecular weight is 540 g/mol. The van der Waals surface area contributed by atoms with Gasteiger partial charge < -0.3 is 19.7 Å². The van der Waals surface area contributed by atoms with Crippen LogP contribution in [0, 0.1) is 25.2 Å². The summed E-state index contributed by atoms with van der Waals surface area (Å²) in [5, 5.41) is 22.5. The lowest BCUT2D eigenvalue weighted by Gasteiger charge is -2.12. The molecule has 0 unspecified atom stereocenters. The van der Waals surface area contributed by atoms with E-state index in [1.54, 1.807) is 18.2 Å². The first-order valence-corrected chi connectivity index (χ1v) is 13.5. The summed E-state index contributed by atoms with van der Waals surface area (Å²) in [4.78, 5) is 23.9. The maximum Gasteiger partial charge on any atom is 0.341 e. The predicted octanol–water partition coefficient (Wildman–Crippen LogP) is 6.72. The molecule has 0 radical (unpaired) electrons. The number of aliphatic carboxylic acids is 1. The van der Waals surface area contributed by atoms with Crippen LogP contribution < -0.4 is 10.1 Å². The molecule has 1 heterocycles. The molecule has 0 fully saturated rings. The minimum Gasteiger partial charge on any atom is -0.482 e. The zero-order valence-electron chi connectivity index (χ0n) is 24.0. The molecule has 2 N–H and O–H groups in total. The highest BCUT2D eigenvalue weighted by Gasteiger charge is 2.16. The fraction of sp³-hybridized carbons (Fsp3) is 0.303. The number of ether oxygens (including phenoxy) is 1. The quantitative estimate of drug-likeness (QED) is 0.246. The second-order valence-electron chi connectivity index (χ2n) is 9.72. The Bertz CT molecular complexity index is 1560. The Morgan fingerprint density at radius 3 is 2.48 bits per heavy atom. The van der Waals surface area contributed by atoms with Crippen molar-refractivity contribution in [1.82, 2.24) is 9.88 Å². The normalized spacial score (nSPS) is 10.6. The molecule has 4 aromatic rings. The van der Waals surface area contributed by atoms with Crippen LogP contribution in [-0.4, -0.2) is 28.2 Å². The summed E-state index contributed by atoms with van der Waals surface area (Å²) in [6.07, 6.45) is 0. The van der Waals surface area contributed by atoms with Crippen LogP contribution in [-0.2, 0) is 17.9 Å². The van der Waals surface area contributed by atoms with Gasteiger partial charge in [-0.1, -0.05) is 52.0 Å². The van der Waals surface area contributed by atoms with Crippen LogP contribution in [0.3, 0.4) is 0 Å². The number of hydrogen-bond acceptors (Lipinski definition) is 4. The molecule has 7 heteroatoms. The number of nitriles is 1. The Hall–Kier alpha value is -4.57. The van der Waals surface area contributed by atoms with Crippen molar-refractivity contribution in [3.8, 4) is 11.8 Å². The van der Waals surface area contributed by atoms with Crippen LogP contribution in [0.2, 0.25) is 0 Å². The second kappa shape index (κ2) is 13.5. The number of fused-ring (bicyclic) bond motifs is 1. The molecule has 0 saturated heterocycles. The van der Waals surface area contributed by atoms with Crippen molar-refractivity contribution < 1.29 is 19.4 Å². The van der Waals surface area contributed by atoms with Gasteiger partial charge in [0, 0.05) is 35.2 Å². The fourth-order valence-electron chi connectivity index (χ4n) is 4.56. The van der Waals surface area contributed by atoms with Gasteiger partial charge in [-0.25, -0.2) is 4.79 Å². The van der Waals surface area contributed by atoms with E-state index in [4.69, 9.17) is 9.84 Å². The summed E-state index contributed by atoms with van der Waals surface area (Å²) in [5.41, 5.74) is 7.11. The number of aryl methyl sites for hydroxylation is 1. The molecule has 0 bridgehead atoms.